The number of carbonyl (C=O) groups is 1. The van der Waals surface area contributed by atoms with Gasteiger partial charge in [0.1, 0.15) is 17.1 Å². The molecule has 0 radical (unpaired) electrons. The smallest absolute Gasteiger partial charge is 0.241 e. The highest BCUT2D eigenvalue weighted by Gasteiger charge is 2.43. The lowest BCUT2D eigenvalue weighted by Crippen LogP contribution is -2.49. The van der Waals surface area contributed by atoms with E-state index in [9.17, 15) is 9.90 Å². The van der Waals surface area contributed by atoms with Crippen molar-refractivity contribution in [3.63, 3.8) is 0 Å². The van der Waals surface area contributed by atoms with Crippen LogP contribution in [0.3, 0.4) is 0 Å². The largest absolute Gasteiger partial charge is 0.494 e. The number of anilines is 2. The molecule has 3 fully saturated rings. The van der Waals surface area contributed by atoms with Crippen LogP contribution in [0.25, 0.3) is 10.9 Å². The van der Waals surface area contributed by atoms with Gasteiger partial charge in [0.05, 0.1) is 13.7 Å². The molecule has 1 aromatic carbocycles. The van der Waals surface area contributed by atoms with Crippen LogP contribution in [0.5, 0.6) is 5.75 Å². The maximum atomic E-state index is 12.4. The highest BCUT2D eigenvalue weighted by molar-refractivity contribution is 5.96. The van der Waals surface area contributed by atoms with Gasteiger partial charge in [0.15, 0.2) is 0 Å². The number of piperazine rings is 1. The molecule has 2 aromatic rings. The number of likely N-dealkylation sites (N-methyl/N-ethyl adjacent to an activating group) is 1. The van der Waals surface area contributed by atoms with Gasteiger partial charge in [-0.1, -0.05) is 6.07 Å². The van der Waals surface area contributed by atoms with E-state index in [0.717, 1.165) is 42.3 Å². The topological polar surface area (TPSA) is 82.0 Å². The lowest BCUT2D eigenvalue weighted by atomic mass is 9.92. The summed E-state index contributed by atoms with van der Waals surface area (Å²) in [5.41, 5.74) is 0.766. The molecular formula is C22H29N5O3. The minimum Gasteiger partial charge on any atom is -0.494 e. The number of ether oxygens (including phenoxy) is 1. The molecule has 3 heterocycles. The summed E-state index contributed by atoms with van der Waals surface area (Å²) in [5, 5.41) is 10.8. The van der Waals surface area contributed by atoms with Crippen LogP contribution in [0.4, 0.5) is 11.8 Å². The van der Waals surface area contributed by atoms with E-state index in [4.69, 9.17) is 14.7 Å². The molecule has 2 aliphatic heterocycles. The molecule has 1 saturated carbocycles. The summed E-state index contributed by atoms with van der Waals surface area (Å²) >= 11 is 0. The Bertz CT molecular complexity index is 963. The standard InChI is InChI=1S/C22H29N5O3/c1-25-8-9-26(12-19(25)29)21-16-4-3-5-18(30-2)20(16)23-22(24-21)27-10-15(13-28)17(11-27)14-6-7-14/h3-5,14-15,17,28H,6-13H2,1-2H3/t15-,17-/m0/s1. The normalized spacial score (nSPS) is 24.8. The Kier molecular flexibility index (Phi) is 4.89. The van der Waals surface area contributed by atoms with Gasteiger partial charge in [-0.05, 0) is 36.8 Å². The molecule has 0 bridgehead atoms. The summed E-state index contributed by atoms with van der Waals surface area (Å²) in [7, 11) is 3.49. The van der Waals surface area contributed by atoms with E-state index in [2.05, 4.69) is 4.90 Å². The Morgan fingerprint density at radius 3 is 2.70 bits per heavy atom. The number of fused-ring (bicyclic) bond motifs is 1. The molecule has 0 unspecified atom stereocenters. The summed E-state index contributed by atoms with van der Waals surface area (Å²) in [4.78, 5) is 28.2. The van der Waals surface area contributed by atoms with Crippen LogP contribution in [0.15, 0.2) is 18.2 Å². The van der Waals surface area contributed by atoms with Gasteiger partial charge < -0.3 is 24.5 Å². The second-order valence-electron chi connectivity index (χ2n) is 8.79. The Hall–Kier alpha value is -2.61. The van der Waals surface area contributed by atoms with Crippen molar-refractivity contribution in [3.05, 3.63) is 18.2 Å². The molecule has 1 N–H and O–H groups in total. The molecule has 3 aliphatic rings. The summed E-state index contributed by atoms with van der Waals surface area (Å²) in [6, 6.07) is 5.84. The second-order valence-corrected chi connectivity index (χ2v) is 8.79. The molecule has 0 spiro atoms. The van der Waals surface area contributed by atoms with Gasteiger partial charge in [0.25, 0.3) is 0 Å². The Labute approximate surface area is 176 Å². The van der Waals surface area contributed by atoms with E-state index >= 15 is 0 Å². The predicted molar refractivity (Wildman–Crippen MR) is 115 cm³/mol. The average Bonchev–Trinajstić information content (AvgIpc) is 3.52. The van der Waals surface area contributed by atoms with Crippen molar-refractivity contribution in [2.24, 2.45) is 17.8 Å². The fraction of sp³-hybridized carbons (Fsp3) is 0.591. The number of hydrogen-bond acceptors (Lipinski definition) is 7. The average molecular weight is 412 g/mol. The van der Waals surface area contributed by atoms with Crippen molar-refractivity contribution in [2.75, 3.05) is 63.3 Å². The van der Waals surface area contributed by atoms with Crippen LogP contribution in [0, 0.1) is 17.8 Å². The fourth-order valence-corrected chi connectivity index (χ4v) is 4.90. The zero-order valence-corrected chi connectivity index (χ0v) is 17.6. The van der Waals surface area contributed by atoms with Gasteiger partial charge >= 0.3 is 0 Å². The minimum absolute atomic E-state index is 0.0905. The molecular weight excluding hydrogens is 382 g/mol. The monoisotopic (exact) mass is 411 g/mol. The number of rotatable bonds is 5. The Balaban J connectivity index is 1.56. The maximum Gasteiger partial charge on any atom is 0.241 e. The molecule has 160 valence electrons. The van der Waals surface area contributed by atoms with Gasteiger partial charge in [-0.3, -0.25) is 4.79 Å². The van der Waals surface area contributed by atoms with Gasteiger partial charge in [-0.2, -0.15) is 4.98 Å². The zero-order chi connectivity index (χ0) is 20.8. The second kappa shape index (κ2) is 7.58. The van der Waals surface area contributed by atoms with E-state index < -0.39 is 0 Å². The fourth-order valence-electron chi connectivity index (χ4n) is 4.90. The first kappa shape index (κ1) is 19.4. The summed E-state index contributed by atoms with van der Waals surface area (Å²) in [5.74, 6) is 3.73. The van der Waals surface area contributed by atoms with E-state index in [1.165, 1.54) is 12.8 Å². The highest BCUT2D eigenvalue weighted by atomic mass is 16.5. The number of aromatic nitrogens is 2. The van der Waals surface area contributed by atoms with E-state index in [-0.39, 0.29) is 18.4 Å². The molecule has 2 saturated heterocycles. The van der Waals surface area contributed by atoms with Gasteiger partial charge in [-0.15, -0.1) is 0 Å². The predicted octanol–water partition coefficient (Wildman–Crippen LogP) is 1.37. The quantitative estimate of drug-likeness (QED) is 0.796. The van der Waals surface area contributed by atoms with Crippen LogP contribution in [0.2, 0.25) is 0 Å². The van der Waals surface area contributed by atoms with Gasteiger partial charge in [-0.25, -0.2) is 4.98 Å². The maximum absolute atomic E-state index is 12.4. The summed E-state index contributed by atoms with van der Waals surface area (Å²) < 4.78 is 5.59. The van der Waals surface area contributed by atoms with Crippen molar-refractivity contribution in [3.8, 4) is 5.75 Å². The summed E-state index contributed by atoms with van der Waals surface area (Å²) in [6.45, 7) is 3.55. The number of aliphatic hydroxyl groups excluding tert-OH is 1. The number of carbonyl (C=O) groups excluding carboxylic acids is 1. The van der Waals surface area contributed by atoms with Crippen LogP contribution in [0.1, 0.15) is 12.8 Å². The molecule has 30 heavy (non-hydrogen) atoms. The molecule has 1 aromatic heterocycles. The minimum atomic E-state index is 0.0905. The number of hydrogen-bond donors (Lipinski definition) is 1. The lowest BCUT2D eigenvalue weighted by molar-refractivity contribution is -0.129. The van der Waals surface area contributed by atoms with Crippen molar-refractivity contribution >= 4 is 28.6 Å². The third-order valence-electron chi connectivity index (χ3n) is 6.87. The van der Waals surface area contributed by atoms with E-state index in [0.29, 0.717) is 30.7 Å². The zero-order valence-electron chi connectivity index (χ0n) is 17.6. The summed E-state index contributed by atoms with van der Waals surface area (Å²) in [6.07, 6.45) is 2.52. The van der Waals surface area contributed by atoms with Crippen molar-refractivity contribution in [2.45, 2.75) is 12.8 Å². The highest BCUT2D eigenvalue weighted by Crippen LogP contribution is 2.45. The van der Waals surface area contributed by atoms with Crippen LogP contribution >= 0.6 is 0 Å². The van der Waals surface area contributed by atoms with Gasteiger partial charge in [0, 0.05) is 51.1 Å². The Morgan fingerprint density at radius 1 is 1.17 bits per heavy atom. The van der Waals surface area contributed by atoms with E-state index in [1.807, 2.05) is 30.1 Å². The third-order valence-corrected chi connectivity index (χ3v) is 6.87. The van der Waals surface area contributed by atoms with Crippen LogP contribution < -0.4 is 14.5 Å². The van der Waals surface area contributed by atoms with Crippen molar-refractivity contribution in [1.82, 2.24) is 14.9 Å². The lowest BCUT2D eigenvalue weighted by Gasteiger charge is -2.33. The van der Waals surface area contributed by atoms with E-state index in [1.54, 1.807) is 12.0 Å². The number of aliphatic hydroxyl groups is 1. The first-order valence-electron chi connectivity index (χ1n) is 10.8. The number of nitrogens with zero attached hydrogens (tertiary/aromatic N) is 5. The number of benzene rings is 1. The van der Waals surface area contributed by atoms with Crippen LogP contribution in [-0.2, 0) is 4.79 Å². The first-order chi connectivity index (χ1) is 14.6. The van der Waals surface area contributed by atoms with Gasteiger partial charge in [0.2, 0.25) is 11.9 Å². The molecule has 2 atom stereocenters. The third kappa shape index (κ3) is 3.33. The molecule has 1 aliphatic carbocycles. The number of amides is 1. The van der Waals surface area contributed by atoms with Crippen LogP contribution in [-0.4, -0.2) is 79.4 Å². The molecule has 5 rings (SSSR count). The Morgan fingerprint density at radius 2 is 2.00 bits per heavy atom. The molecule has 8 heteroatoms. The molecule has 1 amide bonds. The van der Waals surface area contributed by atoms with Crippen molar-refractivity contribution in [1.29, 1.82) is 0 Å². The van der Waals surface area contributed by atoms with Crippen molar-refractivity contribution < 1.29 is 14.6 Å². The SMILES string of the molecule is COc1cccc2c(N3CCN(C)C(=O)C3)nc(N3C[C@@H](CO)[C@H](C4CC4)C3)nc12. The number of methoxy groups -OCH3 is 1. The first-order valence-corrected chi connectivity index (χ1v) is 10.8. The molecule has 8 nitrogen and oxygen atoms in total. The number of para-hydroxylation sites is 1.